The van der Waals surface area contributed by atoms with Crippen molar-refractivity contribution >= 4 is 0 Å². The van der Waals surface area contributed by atoms with Crippen LogP contribution in [0, 0.1) is 35.5 Å². The first-order valence-electron chi connectivity index (χ1n) is 12.4. The molecule has 0 aromatic carbocycles. The second-order valence-electron chi connectivity index (χ2n) is 10.1. The summed E-state index contributed by atoms with van der Waals surface area (Å²) in [6.45, 7) is 15.2. The van der Waals surface area contributed by atoms with Gasteiger partial charge in [-0.2, -0.15) is 0 Å². The lowest BCUT2D eigenvalue weighted by Crippen LogP contribution is -2.41. The van der Waals surface area contributed by atoms with E-state index in [1.54, 1.807) is 0 Å². The molecule has 1 heteroatoms. The molecule has 0 aliphatic heterocycles. The molecule has 2 fully saturated rings. The molecule has 5 atom stereocenters. The largest absolute Gasteiger partial charge is 0.313 e. The van der Waals surface area contributed by atoms with Crippen LogP contribution in [0.4, 0.5) is 0 Å². The first kappa shape index (κ1) is 23.0. The first-order valence-corrected chi connectivity index (χ1v) is 12.4. The van der Waals surface area contributed by atoms with Gasteiger partial charge >= 0.3 is 0 Å². The van der Waals surface area contributed by atoms with Gasteiger partial charge in [-0.05, 0) is 61.3 Å². The Morgan fingerprint density at radius 1 is 0.926 bits per heavy atom. The highest BCUT2D eigenvalue weighted by Crippen LogP contribution is 2.37. The maximum atomic E-state index is 4.30. The van der Waals surface area contributed by atoms with Crippen LogP contribution in [0.2, 0.25) is 0 Å². The van der Waals surface area contributed by atoms with Crippen molar-refractivity contribution in [3.8, 4) is 0 Å². The van der Waals surface area contributed by atoms with E-state index < -0.39 is 0 Å². The van der Waals surface area contributed by atoms with E-state index in [-0.39, 0.29) is 0 Å². The molecule has 0 radical (unpaired) electrons. The van der Waals surface area contributed by atoms with Gasteiger partial charge < -0.3 is 5.32 Å². The molecule has 0 saturated heterocycles. The Labute approximate surface area is 171 Å². The Balaban J connectivity index is 1.87. The molecule has 0 heterocycles. The van der Waals surface area contributed by atoms with E-state index in [9.17, 15) is 0 Å². The SMILES string of the molecule is C=CC(C(CCCC1CC1)NCC1CC1)C(C)C(CC)CCCC(C)CC. The minimum Gasteiger partial charge on any atom is -0.313 e. The highest BCUT2D eigenvalue weighted by Gasteiger charge is 2.31. The van der Waals surface area contributed by atoms with E-state index in [2.05, 4.69) is 45.7 Å². The summed E-state index contributed by atoms with van der Waals surface area (Å²) >= 11 is 0. The lowest BCUT2D eigenvalue weighted by Gasteiger charge is -2.35. The third-order valence-electron chi connectivity index (χ3n) is 7.77. The number of hydrogen-bond donors (Lipinski definition) is 1. The Bertz CT molecular complexity index is 395. The number of rotatable bonds is 17. The van der Waals surface area contributed by atoms with Gasteiger partial charge in [0.25, 0.3) is 0 Å². The lowest BCUT2D eigenvalue weighted by molar-refractivity contribution is 0.203. The predicted molar refractivity (Wildman–Crippen MR) is 121 cm³/mol. The Morgan fingerprint density at radius 3 is 2.19 bits per heavy atom. The summed E-state index contributed by atoms with van der Waals surface area (Å²) in [7, 11) is 0. The molecule has 2 saturated carbocycles. The van der Waals surface area contributed by atoms with Gasteiger partial charge in [-0.1, -0.05) is 91.6 Å². The van der Waals surface area contributed by atoms with E-state index >= 15 is 0 Å². The van der Waals surface area contributed by atoms with Crippen LogP contribution in [0.15, 0.2) is 12.7 Å². The summed E-state index contributed by atoms with van der Waals surface area (Å²) in [6, 6.07) is 0.653. The van der Waals surface area contributed by atoms with Crippen molar-refractivity contribution in [2.75, 3.05) is 6.54 Å². The molecule has 0 bridgehead atoms. The lowest BCUT2D eigenvalue weighted by atomic mass is 9.74. The van der Waals surface area contributed by atoms with Crippen molar-refractivity contribution < 1.29 is 0 Å². The maximum absolute atomic E-state index is 4.30. The van der Waals surface area contributed by atoms with Gasteiger partial charge in [0.2, 0.25) is 0 Å². The summed E-state index contributed by atoms with van der Waals surface area (Å²) in [5.41, 5.74) is 0. The summed E-state index contributed by atoms with van der Waals surface area (Å²) < 4.78 is 0. The van der Waals surface area contributed by atoms with E-state index in [1.807, 2.05) is 0 Å². The molecular formula is C26H49N. The average molecular weight is 376 g/mol. The Kier molecular flexibility index (Phi) is 10.5. The molecule has 1 nitrogen and oxygen atoms in total. The molecule has 0 aromatic heterocycles. The molecule has 2 aliphatic carbocycles. The summed E-state index contributed by atoms with van der Waals surface area (Å²) in [5, 5.41) is 4.00. The summed E-state index contributed by atoms with van der Waals surface area (Å²) in [6.07, 6.45) is 19.3. The van der Waals surface area contributed by atoms with Gasteiger partial charge in [-0.15, -0.1) is 6.58 Å². The van der Waals surface area contributed by atoms with Gasteiger partial charge in [0.15, 0.2) is 0 Å². The van der Waals surface area contributed by atoms with Gasteiger partial charge in [-0.3, -0.25) is 0 Å². The normalized spacial score (nSPS) is 22.8. The topological polar surface area (TPSA) is 12.0 Å². The molecule has 158 valence electrons. The van der Waals surface area contributed by atoms with Gasteiger partial charge in [-0.25, -0.2) is 0 Å². The number of hydrogen-bond acceptors (Lipinski definition) is 1. The van der Waals surface area contributed by atoms with Crippen molar-refractivity contribution in [1.29, 1.82) is 0 Å². The second-order valence-corrected chi connectivity index (χ2v) is 10.1. The molecule has 2 aliphatic rings. The highest BCUT2D eigenvalue weighted by atomic mass is 14.9. The average Bonchev–Trinajstić information content (AvgIpc) is 3.57. The van der Waals surface area contributed by atoms with Crippen LogP contribution in [0.25, 0.3) is 0 Å². The van der Waals surface area contributed by atoms with Gasteiger partial charge in [0.05, 0.1) is 0 Å². The summed E-state index contributed by atoms with van der Waals surface area (Å²) in [4.78, 5) is 0. The van der Waals surface area contributed by atoms with E-state index in [4.69, 9.17) is 0 Å². The van der Waals surface area contributed by atoms with Crippen molar-refractivity contribution in [2.45, 2.75) is 111 Å². The molecule has 27 heavy (non-hydrogen) atoms. The maximum Gasteiger partial charge on any atom is 0.0132 e. The smallest absolute Gasteiger partial charge is 0.0132 e. The minimum absolute atomic E-state index is 0.636. The zero-order valence-corrected chi connectivity index (χ0v) is 19.0. The summed E-state index contributed by atoms with van der Waals surface area (Å²) in [5.74, 6) is 5.17. The fourth-order valence-corrected chi connectivity index (χ4v) is 4.93. The predicted octanol–water partition coefficient (Wildman–Crippen LogP) is 7.62. The number of nitrogens with one attached hydrogen (secondary N) is 1. The molecule has 0 amide bonds. The molecule has 2 rings (SSSR count). The van der Waals surface area contributed by atoms with Crippen molar-refractivity contribution in [3.63, 3.8) is 0 Å². The first-order chi connectivity index (χ1) is 13.1. The second kappa shape index (κ2) is 12.3. The van der Waals surface area contributed by atoms with Crippen LogP contribution in [0.5, 0.6) is 0 Å². The third-order valence-corrected chi connectivity index (χ3v) is 7.77. The third kappa shape index (κ3) is 8.71. The van der Waals surface area contributed by atoms with Crippen molar-refractivity contribution in [2.24, 2.45) is 35.5 Å². The van der Waals surface area contributed by atoms with Crippen LogP contribution in [-0.4, -0.2) is 12.6 Å². The van der Waals surface area contributed by atoms with Crippen LogP contribution >= 0.6 is 0 Å². The Morgan fingerprint density at radius 2 is 1.63 bits per heavy atom. The minimum atomic E-state index is 0.636. The fraction of sp³-hybridized carbons (Fsp3) is 0.923. The zero-order chi connectivity index (χ0) is 19.6. The van der Waals surface area contributed by atoms with Crippen LogP contribution in [0.3, 0.4) is 0 Å². The quantitative estimate of drug-likeness (QED) is 0.258. The van der Waals surface area contributed by atoms with Gasteiger partial charge in [0.1, 0.15) is 0 Å². The van der Waals surface area contributed by atoms with E-state index in [1.165, 1.54) is 83.6 Å². The van der Waals surface area contributed by atoms with E-state index in [0.717, 1.165) is 29.6 Å². The van der Waals surface area contributed by atoms with Crippen molar-refractivity contribution in [1.82, 2.24) is 5.32 Å². The standard InChI is InChI=1S/C26H49N/c1-6-20(4)11-9-13-24(7-2)21(5)25(8-3)26(27-19-23-17-18-23)14-10-12-22-15-16-22/h8,20-27H,3,6-7,9-19H2,1-2,4-5H3. The van der Waals surface area contributed by atoms with Crippen LogP contribution in [-0.2, 0) is 0 Å². The fourth-order valence-electron chi connectivity index (χ4n) is 4.93. The molecule has 0 aromatic rings. The van der Waals surface area contributed by atoms with E-state index in [0.29, 0.717) is 12.0 Å². The van der Waals surface area contributed by atoms with Gasteiger partial charge in [0, 0.05) is 6.04 Å². The molecule has 0 spiro atoms. The zero-order valence-electron chi connectivity index (χ0n) is 19.0. The monoisotopic (exact) mass is 375 g/mol. The van der Waals surface area contributed by atoms with Crippen LogP contribution in [0.1, 0.15) is 105 Å². The van der Waals surface area contributed by atoms with Crippen LogP contribution < -0.4 is 5.32 Å². The molecule has 1 N–H and O–H groups in total. The Hall–Kier alpha value is -0.300. The highest BCUT2D eigenvalue weighted by molar-refractivity contribution is 4.95. The molecule has 5 unspecified atom stereocenters. The van der Waals surface area contributed by atoms with Crippen molar-refractivity contribution in [3.05, 3.63) is 12.7 Å². The molecular weight excluding hydrogens is 326 g/mol.